The fourth-order valence-electron chi connectivity index (χ4n) is 1.53. The largest absolute Gasteiger partial charge is 0.467 e. The number of halogens is 2. The smallest absolute Gasteiger partial charge is 0.328 e. The minimum atomic E-state index is -0.864. The van der Waals surface area contributed by atoms with E-state index in [0.29, 0.717) is 0 Å². The Bertz CT molecular complexity index is 533. The van der Waals surface area contributed by atoms with Gasteiger partial charge in [-0.15, -0.1) is 6.58 Å². The normalized spacial score (nSPS) is 13.2. The zero-order chi connectivity index (χ0) is 15.3. The third-order valence-corrected chi connectivity index (χ3v) is 3.46. The first-order valence-corrected chi connectivity index (χ1v) is 6.66. The molecule has 0 spiro atoms. The van der Waals surface area contributed by atoms with E-state index in [9.17, 15) is 14.0 Å². The standard InChI is InChI=1S/C14H15BrFNO3/c1-4-8(2)12(14(19)20-3)17-13(18)9-5-6-10(15)11(16)7-9/h4-8,12H,1H2,2-3H3,(H,17,18)/t8-,12-/m0/s1. The van der Waals surface area contributed by atoms with Crippen LogP contribution in [0.2, 0.25) is 0 Å². The summed E-state index contributed by atoms with van der Waals surface area (Å²) in [5, 5.41) is 2.51. The predicted octanol–water partition coefficient (Wildman–Crippen LogP) is 2.68. The van der Waals surface area contributed by atoms with Gasteiger partial charge in [0, 0.05) is 11.5 Å². The number of hydrogen-bond donors (Lipinski definition) is 1. The summed E-state index contributed by atoms with van der Waals surface area (Å²) in [6.07, 6.45) is 1.53. The molecule has 0 unspecified atom stereocenters. The molecule has 0 aliphatic heterocycles. The highest BCUT2D eigenvalue weighted by Gasteiger charge is 2.26. The first-order valence-electron chi connectivity index (χ1n) is 5.87. The fraction of sp³-hybridized carbons (Fsp3) is 0.286. The number of esters is 1. The fourth-order valence-corrected chi connectivity index (χ4v) is 1.78. The predicted molar refractivity (Wildman–Crippen MR) is 76.7 cm³/mol. The van der Waals surface area contributed by atoms with Crippen LogP contribution in [0.1, 0.15) is 17.3 Å². The molecule has 6 heteroatoms. The molecule has 0 aromatic heterocycles. The molecule has 0 fully saturated rings. The zero-order valence-electron chi connectivity index (χ0n) is 11.2. The van der Waals surface area contributed by atoms with Gasteiger partial charge in [-0.1, -0.05) is 13.0 Å². The third kappa shape index (κ3) is 3.90. The summed E-state index contributed by atoms with van der Waals surface area (Å²) in [4.78, 5) is 23.7. The van der Waals surface area contributed by atoms with Crippen LogP contribution in [-0.4, -0.2) is 25.0 Å². The molecule has 1 aromatic carbocycles. The topological polar surface area (TPSA) is 55.4 Å². The van der Waals surface area contributed by atoms with Crippen molar-refractivity contribution < 1.29 is 18.7 Å². The van der Waals surface area contributed by atoms with Crippen LogP contribution in [0.4, 0.5) is 4.39 Å². The lowest BCUT2D eigenvalue weighted by Gasteiger charge is -2.20. The van der Waals surface area contributed by atoms with Crippen molar-refractivity contribution >= 4 is 27.8 Å². The van der Waals surface area contributed by atoms with Gasteiger partial charge in [0.25, 0.3) is 5.91 Å². The van der Waals surface area contributed by atoms with Crippen molar-refractivity contribution in [2.24, 2.45) is 5.92 Å². The molecule has 4 nitrogen and oxygen atoms in total. The molecule has 1 amide bonds. The average molecular weight is 344 g/mol. The number of carbonyl (C=O) groups is 2. The molecule has 0 radical (unpaired) electrons. The van der Waals surface area contributed by atoms with E-state index in [1.54, 1.807) is 6.92 Å². The Kier molecular flexibility index (Phi) is 5.88. The SMILES string of the molecule is C=C[C@H](C)[C@H](NC(=O)c1ccc(Br)c(F)c1)C(=O)OC. The Morgan fingerprint density at radius 3 is 2.65 bits per heavy atom. The van der Waals surface area contributed by atoms with Crippen LogP contribution in [0, 0.1) is 11.7 Å². The van der Waals surface area contributed by atoms with Crippen molar-refractivity contribution in [2.75, 3.05) is 7.11 Å². The highest BCUT2D eigenvalue weighted by Crippen LogP contribution is 2.17. The zero-order valence-corrected chi connectivity index (χ0v) is 12.7. The van der Waals surface area contributed by atoms with E-state index in [2.05, 4.69) is 32.6 Å². The molecular formula is C14H15BrFNO3. The van der Waals surface area contributed by atoms with Crippen molar-refractivity contribution in [3.63, 3.8) is 0 Å². The molecule has 108 valence electrons. The summed E-state index contributed by atoms with van der Waals surface area (Å²) >= 11 is 3.00. The quantitative estimate of drug-likeness (QED) is 0.660. The maximum absolute atomic E-state index is 13.4. The van der Waals surface area contributed by atoms with Gasteiger partial charge in [0.15, 0.2) is 0 Å². The molecular weight excluding hydrogens is 329 g/mol. The van der Waals surface area contributed by atoms with Crippen molar-refractivity contribution in [3.8, 4) is 0 Å². The van der Waals surface area contributed by atoms with Gasteiger partial charge in [-0.3, -0.25) is 4.79 Å². The van der Waals surface area contributed by atoms with E-state index >= 15 is 0 Å². The molecule has 20 heavy (non-hydrogen) atoms. The Hall–Kier alpha value is -1.69. The van der Waals surface area contributed by atoms with Gasteiger partial charge in [0.1, 0.15) is 11.9 Å². The Balaban J connectivity index is 2.92. The van der Waals surface area contributed by atoms with Gasteiger partial charge in [-0.05, 0) is 34.1 Å². The Morgan fingerprint density at radius 1 is 1.50 bits per heavy atom. The van der Waals surface area contributed by atoms with E-state index in [1.165, 1.54) is 25.3 Å². The summed E-state index contributed by atoms with van der Waals surface area (Å²) in [7, 11) is 1.23. The van der Waals surface area contributed by atoms with Crippen LogP contribution < -0.4 is 5.32 Å². The lowest BCUT2D eigenvalue weighted by Crippen LogP contribution is -2.45. The van der Waals surface area contributed by atoms with Crippen LogP contribution in [0.5, 0.6) is 0 Å². The highest BCUT2D eigenvalue weighted by molar-refractivity contribution is 9.10. The number of methoxy groups -OCH3 is 1. The van der Waals surface area contributed by atoms with E-state index in [1.807, 2.05) is 0 Å². The first-order chi connectivity index (χ1) is 9.40. The van der Waals surface area contributed by atoms with Crippen LogP contribution in [0.25, 0.3) is 0 Å². The molecule has 0 aliphatic carbocycles. The number of carbonyl (C=O) groups excluding carboxylic acids is 2. The lowest BCUT2D eigenvalue weighted by atomic mass is 10.0. The van der Waals surface area contributed by atoms with Crippen molar-refractivity contribution in [2.45, 2.75) is 13.0 Å². The number of hydrogen-bond acceptors (Lipinski definition) is 3. The summed E-state index contributed by atoms with van der Waals surface area (Å²) in [6, 6.07) is 3.10. The number of benzene rings is 1. The number of amides is 1. The third-order valence-electron chi connectivity index (χ3n) is 2.82. The highest BCUT2D eigenvalue weighted by atomic mass is 79.9. The minimum absolute atomic E-state index is 0.121. The average Bonchev–Trinajstić information content (AvgIpc) is 2.45. The van der Waals surface area contributed by atoms with Crippen LogP contribution in [0.15, 0.2) is 35.3 Å². The summed E-state index contributed by atoms with van der Waals surface area (Å²) in [6.45, 7) is 5.30. The minimum Gasteiger partial charge on any atom is -0.467 e. The Labute approximate surface area is 125 Å². The van der Waals surface area contributed by atoms with Crippen molar-refractivity contribution in [1.82, 2.24) is 5.32 Å². The van der Waals surface area contributed by atoms with E-state index in [0.717, 1.165) is 6.07 Å². The van der Waals surface area contributed by atoms with Crippen molar-refractivity contribution in [1.29, 1.82) is 0 Å². The second-order valence-corrected chi connectivity index (χ2v) is 5.05. The molecule has 0 saturated carbocycles. The van der Waals surface area contributed by atoms with Gasteiger partial charge in [-0.25, -0.2) is 9.18 Å². The maximum atomic E-state index is 13.4. The van der Waals surface area contributed by atoms with E-state index in [-0.39, 0.29) is 16.0 Å². The first kappa shape index (κ1) is 16.4. The lowest BCUT2D eigenvalue weighted by molar-refractivity contribution is -0.143. The number of nitrogens with one attached hydrogen (secondary N) is 1. The molecule has 0 saturated heterocycles. The van der Waals surface area contributed by atoms with Crippen molar-refractivity contribution in [3.05, 3.63) is 46.7 Å². The van der Waals surface area contributed by atoms with Gasteiger partial charge in [0.05, 0.1) is 11.6 Å². The van der Waals surface area contributed by atoms with Gasteiger partial charge < -0.3 is 10.1 Å². The van der Waals surface area contributed by atoms with Crippen LogP contribution in [-0.2, 0) is 9.53 Å². The monoisotopic (exact) mass is 343 g/mol. The molecule has 1 rings (SSSR count). The molecule has 0 bridgehead atoms. The van der Waals surface area contributed by atoms with Gasteiger partial charge in [-0.2, -0.15) is 0 Å². The second kappa shape index (κ2) is 7.19. The summed E-state index contributed by atoms with van der Waals surface area (Å²) in [5.41, 5.74) is 0.121. The number of rotatable bonds is 5. The Morgan fingerprint density at radius 2 is 2.15 bits per heavy atom. The molecule has 1 N–H and O–H groups in total. The molecule has 0 aliphatic rings. The molecule has 2 atom stereocenters. The summed E-state index contributed by atoms with van der Waals surface area (Å²) in [5.74, 6) is -2.00. The van der Waals surface area contributed by atoms with Crippen LogP contribution >= 0.6 is 15.9 Å². The molecule has 1 aromatic rings. The van der Waals surface area contributed by atoms with Crippen LogP contribution in [0.3, 0.4) is 0 Å². The molecule has 0 heterocycles. The maximum Gasteiger partial charge on any atom is 0.328 e. The van der Waals surface area contributed by atoms with E-state index < -0.39 is 23.7 Å². The summed E-state index contributed by atoms with van der Waals surface area (Å²) < 4.78 is 18.3. The van der Waals surface area contributed by atoms with Gasteiger partial charge in [0.2, 0.25) is 0 Å². The van der Waals surface area contributed by atoms with E-state index in [4.69, 9.17) is 0 Å². The van der Waals surface area contributed by atoms with Gasteiger partial charge >= 0.3 is 5.97 Å². The number of ether oxygens (including phenoxy) is 1. The second-order valence-electron chi connectivity index (χ2n) is 4.20.